The predicted molar refractivity (Wildman–Crippen MR) is 121 cm³/mol. The van der Waals surface area contributed by atoms with Gasteiger partial charge in [0.15, 0.2) is 5.16 Å². The number of carbonyl (C=O) groups excluding carboxylic acids is 1. The van der Waals surface area contributed by atoms with E-state index in [2.05, 4.69) is 15.3 Å². The molecule has 1 aromatic heterocycles. The maximum atomic E-state index is 13.1. The van der Waals surface area contributed by atoms with Crippen LogP contribution in [-0.4, -0.2) is 54.6 Å². The number of ether oxygens (including phenoxy) is 1. The molecule has 2 heterocycles. The molecule has 1 aliphatic rings. The van der Waals surface area contributed by atoms with Crippen LogP contribution in [0.5, 0.6) is 5.75 Å². The zero-order valence-corrected chi connectivity index (χ0v) is 18.8. The highest BCUT2D eigenvalue weighted by atomic mass is 32.2. The summed E-state index contributed by atoms with van der Waals surface area (Å²) in [7, 11) is -2.26. The molecule has 31 heavy (non-hydrogen) atoms. The van der Waals surface area contributed by atoms with Crippen LogP contribution in [0.3, 0.4) is 0 Å². The lowest BCUT2D eigenvalue weighted by Gasteiger charge is -2.26. The summed E-state index contributed by atoms with van der Waals surface area (Å²) in [4.78, 5) is 20.1. The summed E-state index contributed by atoms with van der Waals surface area (Å²) in [6, 6.07) is 12.3. The molecule has 8 nitrogen and oxygen atoms in total. The smallest absolute Gasteiger partial charge is 0.246 e. The van der Waals surface area contributed by atoms with Gasteiger partial charge in [-0.2, -0.15) is 4.31 Å². The number of amides is 1. The maximum absolute atomic E-state index is 13.1. The number of hydrogen-bond acceptors (Lipinski definition) is 6. The quantitative estimate of drug-likeness (QED) is 0.523. The van der Waals surface area contributed by atoms with Gasteiger partial charge in [0, 0.05) is 18.8 Å². The zero-order chi connectivity index (χ0) is 21.8. The lowest BCUT2D eigenvalue weighted by molar-refractivity contribution is -0.113. The summed E-state index contributed by atoms with van der Waals surface area (Å²) < 4.78 is 33.0. The van der Waals surface area contributed by atoms with Crippen molar-refractivity contribution < 1.29 is 17.9 Å². The molecule has 1 fully saturated rings. The van der Waals surface area contributed by atoms with Crippen molar-refractivity contribution in [3.05, 3.63) is 42.5 Å². The van der Waals surface area contributed by atoms with Crippen molar-refractivity contribution in [1.29, 1.82) is 0 Å². The molecule has 0 spiro atoms. The molecular formula is C21H24N4O4S2. The molecule has 2 N–H and O–H groups in total. The Hall–Kier alpha value is -2.56. The Kier molecular flexibility index (Phi) is 6.49. The Bertz CT molecular complexity index is 1150. The monoisotopic (exact) mass is 460 g/mol. The van der Waals surface area contributed by atoms with E-state index in [1.165, 1.54) is 29.2 Å². The molecular weight excluding hydrogens is 436 g/mol. The molecule has 1 amide bonds. The number of H-pyrrole nitrogens is 1. The topological polar surface area (TPSA) is 104 Å². The average molecular weight is 461 g/mol. The van der Waals surface area contributed by atoms with Gasteiger partial charge < -0.3 is 15.0 Å². The summed E-state index contributed by atoms with van der Waals surface area (Å²) in [5, 5.41) is 3.42. The fourth-order valence-electron chi connectivity index (χ4n) is 3.53. The van der Waals surface area contributed by atoms with E-state index in [-0.39, 0.29) is 22.3 Å². The Morgan fingerprint density at radius 3 is 2.71 bits per heavy atom. The van der Waals surface area contributed by atoms with E-state index in [0.717, 1.165) is 30.3 Å². The molecule has 1 saturated heterocycles. The summed E-state index contributed by atoms with van der Waals surface area (Å²) in [6.45, 7) is 0.992. The normalized spacial score (nSPS) is 15.1. The molecule has 0 bridgehead atoms. The van der Waals surface area contributed by atoms with Crippen molar-refractivity contribution in [1.82, 2.24) is 14.3 Å². The van der Waals surface area contributed by atoms with Gasteiger partial charge in [-0.1, -0.05) is 30.3 Å². The van der Waals surface area contributed by atoms with E-state index in [9.17, 15) is 13.2 Å². The number of para-hydroxylation sites is 2. The summed E-state index contributed by atoms with van der Waals surface area (Å²) in [5.41, 5.74) is 2.16. The number of sulfonamides is 1. The number of methoxy groups -OCH3 is 1. The van der Waals surface area contributed by atoms with Gasteiger partial charge in [0.05, 0.1) is 23.9 Å². The van der Waals surface area contributed by atoms with Crippen molar-refractivity contribution >= 4 is 44.4 Å². The molecule has 2 aromatic carbocycles. The van der Waals surface area contributed by atoms with Gasteiger partial charge in [0.25, 0.3) is 0 Å². The largest absolute Gasteiger partial charge is 0.495 e. The lowest BCUT2D eigenvalue weighted by atomic mass is 10.2. The number of hydrogen-bond donors (Lipinski definition) is 2. The number of benzene rings is 2. The summed E-state index contributed by atoms with van der Waals surface area (Å²) >= 11 is 1.28. The Morgan fingerprint density at radius 1 is 1.19 bits per heavy atom. The summed E-state index contributed by atoms with van der Waals surface area (Å²) in [5.74, 6) is 0.150. The van der Waals surface area contributed by atoms with Crippen LogP contribution in [-0.2, 0) is 14.8 Å². The van der Waals surface area contributed by atoms with Crippen molar-refractivity contribution in [2.24, 2.45) is 0 Å². The van der Waals surface area contributed by atoms with Crippen LogP contribution in [0.4, 0.5) is 5.69 Å². The maximum Gasteiger partial charge on any atom is 0.246 e. The number of imidazole rings is 1. The van der Waals surface area contributed by atoms with Crippen molar-refractivity contribution in [3.8, 4) is 5.75 Å². The number of nitrogens with zero attached hydrogens (tertiary/aromatic N) is 2. The zero-order valence-electron chi connectivity index (χ0n) is 17.1. The summed E-state index contributed by atoms with van der Waals surface area (Å²) in [6.07, 6.45) is 2.72. The fourth-order valence-corrected chi connectivity index (χ4v) is 5.91. The van der Waals surface area contributed by atoms with Gasteiger partial charge >= 0.3 is 0 Å². The van der Waals surface area contributed by atoms with Gasteiger partial charge in [-0.15, -0.1) is 0 Å². The number of aromatic amines is 1. The molecule has 164 valence electrons. The number of thioether (sulfide) groups is 1. The predicted octanol–water partition coefficient (Wildman–Crippen LogP) is 3.48. The van der Waals surface area contributed by atoms with Crippen LogP contribution < -0.4 is 10.1 Å². The van der Waals surface area contributed by atoms with Crippen LogP contribution in [0, 0.1) is 0 Å². The second-order valence-corrected chi connectivity index (χ2v) is 10.1. The molecule has 0 unspecified atom stereocenters. The first-order valence-corrected chi connectivity index (χ1v) is 12.5. The van der Waals surface area contributed by atoms with Crippen molar-refractivity contribution in [2.75, 3.05) is 31.3 Å². The molecule has 0 saturated carbocycles. The molecule has 3 aromatic rings. The minimum atomic E-state index is -3.70. The van der Waals surface area contributed by atoms with Gasteiger partial charge in [-0.25, -0.2) is 13.4 Å². The first-order chi connectivity index (χ1) is 15.0. The Labute approximate surface area is 185 Å². The van der Waals surface area contributed by atoms with E-state index in [1.54, 1.807) is 12.1 Å². The minimum absolute atomic E-state index is 0.0691. The molecule has 10 heteroatoms. The van der Waals surface area contributed by atoms with E-state index in [1.807, 2.05) is 24.3 Å². The minimum Gasteiger partial charge on any atom is -0.495 e. The first-order valence-electron chi connectivity index (χ1n) is 10.0. The van der Waals surface area contributed by atoms with E-state index < -0.39 is 10.0 Å². The van der Waals surface area contributed by atoms with Crippen LogP contribution in [0.2, 0.25) is 0 Å². The number of anilines is 1. The van der Waals surface area contributed by atoms with E-state index >= 15 is 0 Å². The van der Waals surface area contributed by atoms with Crippen LogP contribution in [0.25, 0.3) is 11.0 Å². The second kappa shape index (κ2) is 9.29. The third kappa shape index (κ3) is 4.86. The lowest BCUT2D eigenvalue weighted by Crippen LogP contribution is -2.35. The molecule has 0 atom stereocenters. The van der Waals surface area contributed by atoms with Crippen LogP contribution in [0.15, 0.2) is 52.5 Å². The fraction of sp³-hybridized carbons (Fsp3) is 0.333. The van der Waals surface area contributed by atoms with Crippen LogP contribution >= 0.6 is 11.8 Å². The number of carbonyl (C=O) groups is 1. The molecule has 4 rings (SSSR count). The standard InChI is InChI=1S/C21H24N4O4S2/c1-29-18-10-9-15(13-19(18)31(27,28)25-11-5-2-6-12-25)22-20(26)14-30-21-23-16-7-3-4-8-17(16)24-21/h3-4,7-10,13H,2,5-6,11-12,14H2,1H3,(H,22,26)(H,23,24). The average Bonchev–Trinajstić information content (AvgIpc) is 3.21. The number of fused-ring (bicyclic) bond motifs is 1. The number of piperidine rings is 1. The highest BCUT2D eigenvalue weighted by Gasteiger charge is 2.29. The molecule has 1 aliphatic heterocycles. The third-order valence-corrected chi connectivity index (χ3v) is 7.88. The molecule has 0 radical (unpaired) electrons. The Balaban J connectivity index is 1.46. The van der Waals surface area contributed by atoms with Crippen molar-refractivity contribution in [3.63, 3.8) is 0 Å². The molecule has 0 aliphatic carbocycles. The highest BCUT2D eigenvalue weighted by molar-refractivity contribution is 7.99. The number of aromatic nitrogens is 2. The van der Waals surface area contributed by atoms with Gasteiger partial charge in [0.2, 0.25) is 15.9 Å². The van der Waals surface area contributed by atoms with E-state index in [0.29, 0.717) is 23.9 Å². The van der Waals surface area contributed by atoms with Crippen LogP contribution in [0.1, 0.15) is 19.3 Å². The van der Waals surface area contributed by atoms with Gasteiger partial charge in [0.1, 0.15) is 10.6 Å². The van der Waals surface area contributed by atoms with Gasteiger partial charge in [-0.3, -0.25) is 4.79 Å². The SMILES string of the molecule is COc1ccc(NC(=O)CSc2nc3ccccc3[nH]2)cc1S(=O)(=O)N1CCCCC1. The van der Waals surface area contributed by atoms with E-state index in [4.69, 9.17) is 4.74 Å². The van der Waals surface area contributed by atoms with Crippen molar-refractivity contribution in [2.45, 2.75) is 29.3 Å². The second-order valence-electron chi connectivity index (χ2n) is 7.23. The highest BCUT2D eigenvalue weighted by Crippen LogP contribution is 2.31. The van der Waals surface area contributed by atoms with Gasteiger partial charge in [-0.05, 0) is 43.2 Å². The third-order valence-electron chi connectivity index (χ3n) is 5.09. The number of rotatable bonds is 7. The first kappa shape index (κ1) is 21.7. The Morgan fingerprint density at radius 2 is 1.97 bits per heavy atom. The number of nitrogens with one attached hydrogen (secondary N) is 2.